The van der Waals surface area contributed by atoms with Crippen LogP contribution < -0.4 is 21.7 Å². The molecule has 0 aliphatic carbocycles. The van der Waals surface area contributed by atoms with Crippen molar-refractivity contribution in [3.63, 3.8) is 0 Å². The summed E-state index contributed by atoms with van der Waals surface area (Å²) in [4.78, 5) is 84.7. The summed E-state index contributed by atoms with van der Waals surface area (Å²) >= 11 is 4.64. The summed E-state index contributed by atoms with van der Waals surface area (Å²) < 4.78 is 0. The predicted molar refractivity (Wildman–Crippen MR) is 366 cm³/mol. The number of nitro groups is 1. The number of carbonyl (C=O) groups excluding carboxylic acids is 5. The lowest BCUT2D eigenvalue weighted by atomic mass is 9.95. The van der Waals surface area contributed by atoms with Gasteiger partial charge < -0.3 is 41.3 Å². The first-order chi connectivity index (χ1) is 43.8. The van der Waals surface area contributed by atoms with Crippen LogP contribution in [-0.2, 0) is 9.59 Å². The van der Waals surface area contributed by atoms with E-state index < -0.39 is 0 Å². The lowest BCUT2D eigenvalue weighted by Crippen LogP contribution is -2.46. The Bertz CT molecular complexity index is 3260. The summed E-state index contributed by atoms with van der Waals surface area (Å²) in [7, 11) is 2.17. The molecule has 0 aromatic heterocycles. The van der Waals surface area contributed by atoms with Gasteiger partial charge in [0, 0.05) is 172 Å². The third kappa shape index (κ3) is 21.1. The predicted octanol–water partition coefficient (Wildman–Crippen LogP) is 10.1. The van der Waals surface area contributed by atoms with E-state index in [0.29, 0.717) is 37.3 Å². The van der Waals surface area contributed by atoms with Crippen LogP contribution in [0.25, 0.3) is 0 Å². The van der Waals surface area contributed by atoms with E-state index in [4.69, 9.17) is 5.73 Å². The van der Waals surface area contributed by atoms with E-state index in [1.165, 1.54) is 31.0 Å². The number of rotatable bonds is 20. The molecule has 0 radical (unpaired) electrons. The van der Waals surface area contributed by atoms with Gasteiger partial charge in [0.25, 0.3) is 23.4 Å². The fourth-order valence-corrected chi connectivity index (χ4v) is 11.8. The molecule has 0 bridgehead atoms. The van der Waals surface area contributed by atoms with Crippen molar-refractivity contribution < 1.29 is 28.9 Å². The molecule has 3 aliphatic rings. The van der Waals surface area contributed by atoms with Crippen molar-refractivity contribution in [2.45, 2.75) is 73.5 Å². The number of carbonyl (C=O) groups is 5. The number of nitrogen functional groups attached to an aromatic ring is 1. The summed E-state index contributed by atoms with van der Waals surface area (Å²) in [6, 6.07) is 47.0. The second-order valence-corrected chi connectivity index (χ2v) is 23.2. The number of nitro benzene ring substituents is 1. The van der Waals surface area contributed by atoms with E-state index in [-0.39, 0.29) is 57.6 Å². The Balaban J connectivity index is 0.000000211. The van der Waals surface area contributed by atoms with Crippen LogP contribution in [0.1, 0.15) is 138 Å². The van der Waals surface area contributed by atoms with Crippen molar-refractivity contribution in [1.82, 2.24) is 44.9 Å². The van der Waals surface area contributed by atoms with E-state index in [9.17, 15) is 34.1 Å². The lowest BCUT2D eigenvalue weighted by molar-refractivity contribution is -0.384. The maximum absolute atomic E-state index is 12.7. The molecule has 488 valence electrons. The summed E-state index contributed by atoms with van der Waals surface area (Å²) in [5.74, 6) is 0.107. The van der Waals surface area contributed by atoms with Crippen LogP contribution in [0.5, 0.6) is 0 Å². The van der Waals surface area contributed by atoms with Crippen LogP contribution in [0, 0.1) is 10.1 Å². The first-order valence-electron chi connectivity index (χ1n) is 32.0. The molecule has 0 saturated carbocycles. The van der Waals surface area contributed by atoms with Crippen molar-refractivity contribution in [3.8, 4) is 0 Å². The highest BCUT2D eigenvalue weighted by Crippen LogP contribution is 2.34. The topological polar surface area (TPSA) is 213 Å². The largest absolute Gasteiger partial charge is 0.399 e. The van der Waals surface area contributed by atoms with Gasteiger partial charge in [0.05, 0.1) is 23.0 Å². The third-order valence-electron chi connectivity index (χ3n) is 16.7. The number of hydrogen-bond donors (Lipinski definition) is 4. The van der Waals surface area contributed by atoms with Crippen LogP contribution >= 0.6 is 11.6 Å². The second kappa shape index (κ2) is 36.8. The minimum absolute atomic E-state index is 0.0237. The van der Waals surface area contributed by atoms with E-state index in [0.717, 1.165) is 131 Å². The highest BCUT2D eigenvalue weighted by atomic mass is 35.5. The average molecular weight is 1260 g/mol. The Kier molecular flexibility index (Phi) is 29.2. The van der Waals surface area contributed by atoms with Gasteiger partial charge in [-0.25, -0.2) is 0 Å². The molecule has 19 nitrogen and oxygen atoms in total. The number of likely N-dealkylation sites (N-methyl/N-ethyl adjacent to an activating group) is 1. The number of amides is 4. The molecule has 20 heteroatoms. The van der Waals surface area contributed by atoms with Crippen molar-refractivity contribution in [1.29, 1.82) is 0 Å². The van der Waals surface area contributed by atoms with Gasteiger partial charge >= 0.3 is 0 Å². The quantitative estimate of drug-likeness (QED) is 0.0242. The molecule has 9 rings (SSSR count). The zero-order chi connectivity index (χ0) is 66.0. The highest BCUT2D eigenvalue weighted by Gasteiger charge is 2.29. The number of benzene rings is 6. The van der Waals surface area contributed by atoms with Crippen LogP contribution in [-0.4, -0.2) is 193 Å². The van der Waals surface area contributed by atoms with Gasteiger partial charge in [0.1, 0.15) is 0 Å². The number of halogens is 1. The SMILES string of the molecule is CC(=O)Cl.CCN(CC)C(=O)c1ccc(C(c2cccc(N)c2)N2CCN(C)CC2)cc1.CCN(CC)C(=O)c1ccc(C(c2cccc(NC(C)=O)c2)N2CCNCC2)cc1.CCN(CC)C(=O)c1ccc(C(c2cccc([N+](=O)[O-])c2)N2CCNCC2)cc1. The van der Waals surface area contributed by atoms with Crippen molar-refractivity contribution in [3.05, 3.63) is 206 Å². The summed E-state index contributed by atoms with van der Waals surface area (Å²) in [6.45, 7) is 30.4. The van der Waals surface area contributed by atoms with Gasteiger partial charge in [0.15, 0.2) is 0 Å². The summed E-state index contributed by atoms with van der Waals surface area (Å²) in [5.41, 5.74) is 16.5. The Hall–Kier alpha value is -7.88. The number of nitrogens with one attached hydrogen (secondary N) is 3. The van der Waals surface area contributed by atoms with E-state index in [2.05, 4.69) is 96.7 Å². The van der Waals surface area contributed by atoms with E-state index in [1.807, 2.05) is 136 Å². The highest BCUT2D eigenvalue weighted by molar-refractivity contribution is 6.62. The number of non-ortho nitro benzene ring substituents is 1. The molecular formula is C71H95ClN12O7. The zero-order valence-electron chi connectivity index (χ0n) is 54.7. The number of nitrogens with zero attached hydrogens (tertiary/aromatic N) is 8. The third-order valence-corrected chi connectivity index (χ3v) is 16.7. The molecule has 91 heavy (non-hydrogen) atoms. The number of piperazine rings is 3. The molecule has 6 aromatic rings. The Morgan fingerprint density at radius 2 is 0.824 bits per heavy atom. The van der Waals surface area contributed by atoms with Gasteiger partial charge in [-0.05, 0) is 154 Å². The van der Waals surface area contributed by atoms with E-state index in [1.54, 1.807) is 17.0 Å². The Morgan fingerprint density at radius 3 is 1.16 bits per heavy atom. The number of nitrogens with two attached hydrogens (primary N) is 1. The van der Waals surface area contributed by atoms with Gasteiger partial charge in [0.2, 0.25) is 11.1 Å². The normalized spacial score (nSPS) is 15.5. The monoisotopic (exact) mass is 1260 g/mol. The average Bonchev–Trinajstić information content (AvgIpc) is 1.27. The van der Waals surface area contributed by atoms with Gasteiger partial charge in [-0.2, -0.15) is 0 Å². The van der Waals surface area contributed by atoms with Crippen LogP contribution in [0.2, 0.25) is 0 Å². The fraction of sp³-hybridized carbons (Fsp3) is 0.423. The minimum atomic E-state index is -0.361. The standard InChI is InChI=1S/C24H32N4O2.C23H32N4O.C22H28N4O3.C2H3ClO/c1-4-27(5-2)24(30)20-11-9-19(10-12-20)23(28-15-13-25-14-16-28)21-7-6-8-22(17-21)26-18(3)29;1-4-26(5-2)23(28)19-11-9-18(10-12-19)22(20-7-6-8-21(24)17-20)27-15-13-25(3)14-16-27;1-3-24(4-2)22(27)18-10-8-17(9-11-18)21(25-14-12-23-13-15-25)19-6-5-7-20(16-19)26(28)29;1-2(3)4/h6-12,17,23,25H,4-5,13-16H2,1-3H3,(H,26,29);6-12,17,22H,4-5,13-16,24H2,1-3H3;5-11,16,21,23H,3-4,12-15H2,1-2H3;1H3. The molecule has 3 atom stereocenters. The molecule has 3 heterocycles. The molecular weight excluding hydrogens is 1170 g/mol. The van der Waals surface area contributed by atoms with Crippen molar-refractivity contribution in [2.24, 2.45) is 0 Å². The number of anilines is 2. The smallest absolute Gasteiger partial charge is 0.269 e. The fourth-order valence-electron chi connectivity index (χ4n) is 11.8. The first kappa shape index (κ1) is 72.2. The molecule has 3 unspecified atom stereocenters. The zero-order valence-corrected chi connectivity index (χ0v) is 55.5. The van der Waals surface area contributed by atoms with Gasteiger partial charge in [-0.15, -0.1) is 0 Å². The number of hydrogen-bond acceptors (Lipinski definition) is 14. The molecule has 5 N–H and O–H groups in total. The van der Waals surface area contributed by atoms with Crippen LogP contribution in [0.3, 0.4) is 0 Å². The van der Waals surface area contributed by atoms with Crippen LogP contribution in [0.4, 0.5) is 17.1 Å². The summed E-state index contributed by atoms with van der Waals surface area (Å²) in [6.07, 6.45) is 0. The van der Waals surface area contributed by atoms with Crippen LogP contribution in [0.15, 0.2) is 146 Å². The Morgan fingerprint density at radius 1 is 0.495 bits per heavy atom. The molecule has 3 aliphatic heterocycles. The molecule has 3 fully saturated rings. The molecule has 3 saturated heterocycles. The lowest BCUT2D eigenvalue weighted by Gasteiger charge is -2.38. The molecule has 4 amide bonds. The first-order valence-corrected chi connectivity index (χ1v) is 32.4. The Labute approximate surface area is 544 Å². The van der Waals surface area contributed by atoms with E-state index >= 15 is 0 Å². The summed E-state index contributed by atoms with van der Waals surface area (Å²) in [5, 5.41) is 20.6. The molecule has 6 aromatic carbocycles. The molecule has 0 spiro atoms. The second-order valence-electron chi connectivity index (χ2n) is 22.7. The maximum Gasteiger partial charge on any atom is 0.269 e. The maximum atomic E-state index is 12.7. The van der Waals surface area contributed by atoms with Gasteiger partial charge in [-0.1, -0.05) is 72.8 Å². The van der Waals surface area contributed by atoms with Crippen molar-refractivity contribution >= 4 is 57.5 Å². The van der Waals surface area contributed by atoms with Gasteiger partial charge in [-0.3, -0.25) is 48.8 Å². The minimum Gasteiger partial charge on any atom is -0.399 e. The van der Waals surface area contributed by atoms with Crippen molar-refractivity contribution in [2.75, 3.05) is 136 Å².